The molecule has 0 aliphatic carbocycles. The smallest absolute Gasteiger partial charge is 0.340 e. The van der Waals surface area contributed by atoms with E-state index in [1.54, 1.807) is 6.07 Å². The quantitative estimate of drug-likeness (QED) is 0.852. The molecular weight excluding hydrogens is 375 g/mol. The Morgan fingerprint density at radius 2 is 1.96 bits per heavy atom. The number of piperazine rings is 1. The number of rotatable bonds is 3. The minimum atomic E-state index is -4.27. The zero-order valence-electron chi connectivity index (χ0n) is 13.8. The molecule has 0 saturated carbocycles. The van der Waals surface area contributed by atoms with Gasteiger partial charge in [0.15, 0.2) is 0 Å². The van der Waals surface area contributed by atoms with E-state index in [0.29, 0.717) is 18.0 Å². The molecule has 0 radical (unpaired) electrons. The van der Waals surface area contributed by atoms with Crippen molar-refractivity contribution in [1.82, 2.24) is 15.1 Å². The first kappa shape index (κ1) is 20.5. The molecule has 2 aliphatic rings. The average molecular weight is 398 g/mol. The molecule has 9 heteroatoms. The molecule has 1 aromatic rings. The third-order valence-corrected chi connectivity index (χ3v) is 5.72. The predicted octanol–water partition coefficient (Wildman–Crippen LogP) is 2.83. The van der Waals surface area contributed by atoms with Gasteiger partial charge in [0.05, 0.1) is 5.92 Å². The number of amides is 1. The van der Waals surface area contributed by atoms with Crippen LogP contribution in [0, 0.1) is 5.92 Å². The molecule has 0 spiro atoms. The van der Waals surface area contributed by atoms with E-state index in [4.69, 9.17) is 0 Å². The summed E-state index contributed by atoms with van der Waals surface area (Å²) in [5.41, 5.74) is 0. The predicted molar refractivity (Wildman–Crippen MR) is 94.0 cm³/mol. The summed E-state index contributed by atoms with van der Waals surface area (Å²) in [6.45, 7) is 5.12. The van der Waals surface area contributed by atoms with Crippen molar-refractivity contribution in [2.24, 2.45) is 5.92 Å². The summed E-state index contributed by atoms with van der Waals surface area (Å²) in [7, 11) is 0. The maximum atomic E-state index is 12.7. The van der Waals surface area contributed by atoms with Crippen molar-refractivity contribution in [3.8, 4) is 0 Å². The minimum absolute atomic E-state index is 0. The zero-order chi connectivity index (χ0) is 17.2. The van der Waals surface area contributed by atoms with Gasteiger partial charge in [0.25, 0.3) is 0 Å². The van der Waals surface area contributed by atoms with Crippen LogP contribution in [-0.4, -0.2) is 55.0 Å². The van der Waals surface area contributed by atoms with E-state index in [1.165, 1.54) is 0 Å². The van der Waals surface area contributed by atoms with Gasteiger partial charge in [0, 0.05) is 44.1 Å². The standard InChI is InChI=1S/C16H22F3N3OS.ClH/c17-16(18,19)14-4-3-13(24-14)11-21-7-1-2-12(10-21)15(23)22-8-5-20-6-9-22;/h3-4,12,20H,1-2,5-11H2;1H. The van der Waals surface area contributed by atoms with Crippen molar-refractivity contribution >= 4 is 29.7 Å². The lowest BCUT2D eigenvalue weighted by molar-refractivity contribution is -0.138. The highest BCUT2D eigenvalue weighted by atomic mass is 35.5. The van der Waals surface area contributed by atoms with Crippen LogP contribution in [-0.2, 0) is 17.5 Å². The second kappa shape index (κ2) is 8.70. The van der Waals surface area contributed by atoms with Gasteiger partial charge in [-0.25, -0.2) is 0 Å². The molecule has 1 atom stereocenters. The van der Waals surface area contributed by atoms with Gasteiger partial charge in [0.2, 0.25) is 5.91 Å². The number of hydrogen-bond acceptors (Lipinski definition) is 4. The van der Waals surface area contributed by atoms with Gasteiger partial charge >= 0.3 is 6.18 Å². The molecule has 142 valence electrons. The molecule has 2 fully saturated rings. The van der Waals surface area contributed by atoms with Gasteiger partial charge in [-0.2, -0.15) is 13.2 Å². The second-order valence-corrected chi connectivity index (χ2v) is 7.58. The topological polar surface area (TPSA) is 35.6 Å². The third kappa shape index (κ3) is 5.32. The lowest BCUT2D eigenvalue weighted by Gasteiger charge is -2.36. The highest BCUT2D eigenvalue weighted by molar-refractivity contribution is 7.12. The Hall–Kier alpha value is -0.830. The summed E-state index contributed by atoms with van der Waals surface area (Å²) < 4.78 is 38.1. The van der Waals surface area contributed by atoms with Crippen molar-refractivity contribution in [2.45, 2.75) is 25.6 Å². The Balaban J connectivity index is 0.00000225. The normalized spacial score (nSPS) is 22.5. The molecule has 0 bridgehead atoms. The first-order valence-electron chi connectivity index (χ1n) is 8.31. The van der Waals surface area contributed by atoms with Crippen molar-refractivity contribution in [1.29, 1.82) is 0 Å². The van der Waals surface area contributed by atoms with E-state index in [0.717, 1.165) is 63.0 Å². The Morgan fingerprint density at radius 1 is 1.24 bits per heavy atom. The summed E-state index contributed by atoms with van der Waals surface area (Å²) in [4.78, 5) is 16.8. The highest BCUT2D eigenvalue weighted by Gasteiger charge is 2.33. The number of nitrogens with one attached hydrogen (secondary N) is 1. The summed E-state index contributed by atoms with van der Waals surface area (Å²) in [6, 6.07) is 2.70. The van der Waals surface area contributed by atoms with E-state index < -0.39 is 11.1 Å². The van der Waals surface area contributed by atoms with Gasteiger partial charge in [-0.05, 0) is 31.5 Å². The van der Waals surface area contributed by atoms with Crippen LogP contribution in [0.25, 0.3) is 0 Å². The van der Waals surface area contributed by atoms with Crippen LogP contribution in [0.5, 0.6) is 0 Å². The lowest BCUT2D eigenvalue weighted by atomic mass is 9.96. The first-order chi connectivity index (χ1) is 11.4. The monoisotopic (exact) mass is 397 g/mol. The molecule has 3 heterocycles. The SMILES string of the molecule is Cl.O=C(C1CCCN(Cc2ccc(C(F)(F)F)s2)C1)N1CCNCC1. The van der Waals surface area contributed by atoms with E-state index in [1.807, 2.05) is 4.90 Å². The maximum Gasteiger partial charge on any atom is 0.425 e. The van der Waals surface area contributed by atoms with Crippen molar-refractivity contribution in [3.05, 3.63) is 21.9 Å². The largest absolute Gasteiger partial charge is 0.425 e. The fourth-order valence-electron chi connectivity index (χ4n) is 3.38. The van der Waals surface area contributed by atoms with Crippen LogP contribution < -0.4 is 5.32 Å². The molecule has 1 aromatic heterocycles. The van der Waals surface area contributed by atoms with Crippen LogP contribution in [0.4, 0.5) is 13.2 Å². The number of likely N-dealkylation sites (tertiary alicyclic amines) is 1. The van der Waals surface area contributed by atoms with Crippen LogP contribution in [0.15, 0.2) is 12.1 Å². The van der Waals surface area contributed by atoms with Crippen molar-refractivity contribution < 1.29 is 18.0 Å². The fourth-order valence-corrected chi connectivity index (χ4v) is 4.30. The van der Waals surface area contributed by atoms with Gasteiger partial charge < -0.3 is 10.2 Å². The molecule has 2 saturated heterocycles. The number of hydrogen-bond donors (Lipinski definition) is 1. The number of alkyl halides is 3. The number of piperidine rings is 1. The Labute approximate surface area is 155 Å². The Bertz CT molecular complexity index is 575. The zero-order valence-corrected chi connectivity index (χ0v) is 15.5. The molecule has 2 aliphatic heterocycles. The summed E-state index contributed by atoms with van der Waals surface area (Å²) >= 11 is 0.801. The van der Waals surface area contributed by atoms with Crippen LogP contribution in [0.2, 0.25) is 0 Å². The molecule has 4 nitrogen and oxygen atoms in total. The lowest BCUT2D eigenvalue weighted by Crippen LogP contribution is -2.51. The number of halogens is 4. The number of carbonyl (C=O) groups excluding carboxylic acids is 1. The molecule has 25 heavy (non-hydrogen) atoms. The van der Waals surface area contributed by atoms with E-state index in [2.05, 4.69) is 10.2 Å². The second-order valence-electron chi connectivity index (χ2n) is 6.41. The molecule has 1 unspecified atom stereocenters. The van der Waals surface area contributed by atoms with E-state index >= 15 is 0 Å². The van der Waals surface area contributed by atoms with Gasteiger partial charge in [0.1, 0.15) is 4.88 Å². The molecule has 3 rings (SSSR count). The fraction of sp³-hybridized carbons (Fsp3) is 0.688. The average Bonchev–Trinajstić information content (AvgIpc) is 3.04. The van der Waals surface area contributed by atoms with E-state index in [9.17, 15) is 18.0 Å². The molecule has 1 amide bonds. The number of nitrogens with zero attached hydrogens (tertiary/aromatic N) is 2. The third-order valence-electron chi connectivity index (χ3n) is 4.60. The first-order valence-corrected chi connectivity index (χ1v) is 9.13. The number of thiophene rings is 1. The van der Waals surface area contributed by atoms with Crippen LogP contribution in [0.3, 0.4) is 0 Å². The van der Waals surface area contributed by atoms with Gasteiger partial charge in [-0.3, -0.25) is 9.69 Å². The van der Waals surface area contributed by atoms with E-state index in [-0.39, 0.29) is 24.2 Å². The van der Waals surface area contributed by atoms with Crippen LogP contribution in [0.1, 0.15) is 22.6 Å². The molecule has 1 N–H and O–H groups in total. The van der Waals surface area contributed by atoms with Gasteiger partial charge in [-0.15, -0.1) is 23.7 Å². The summed E-state index contributed by atoms with van der Waals surface area (Å²) in [5.74, 6) is 0.169. The maximum absolute atomic E-state index is 12.7. The number of carbonyl (C=O) groups is 1. The van der Waals surface area contributed by atoms with Crippen molar-refractivity contribution in [3.63, 3.8) is 0 Å². The summed E-state index contributed by atoms with van der Waals surface area (Å²) in [5, 5.41) is 3.23. The Kier molecular flexibility index (Phi) is 7.13. The molecule has 0 aromatic carbocycles. The summed E-state index contributed by atoms with van der Waals surface area (Å²) in [6.07, 6.45) is -2.48. The Morgan fingerprint density at radius 3 is 2.60 bits per heavy atom. The highest BCUT2D eigenvalue weighted by Crippen LogP contribution is 2.35. The van der Waals surface area contributed by atoms with Gasteiger partial charge in [-0.1, -0.05) is 0 Å². The van der Waals surface area contributed by atoms with Crippen LogP contribution >= 0.6 is 23.7 Å². The molecular formula is C16H23ClF3N3OS. The minimum Gasteiger partial charge on any atom is -0.340 e. The van der Waals surface area contributed by atoms with Crippen molar-refractivity contribution in [2.75, 3.05) is 39.3 Å².